The lowest BCUT2D eigenvalue weighted by atomic mass is 10.1. The van der Waals surface area contributed by atoms with Crippen molar-refractivity contribution in [3.8, 4) is 0 Å². The summed E-state index contributed by atoms with van der Waals surface area (Å²) in [5.41, 5.74) is 4.37. The molecule has 0 unspecified atom stereocenters. The van der Waals surface area contributed by atoms with Crippen LogP contribution in [0.5, 0.6) is 0 Å². The number of carbonyl (C=O) groups excluding carboxylic acids is 3. The largest absolute Gasteiger partial charge is 0.459 e. The SMILES string of the molecule is Cc1cc(C)c(NC(=O)CN(C)C(=O)Cc2csc(NC(=O)c3ccco3)n2)c(C)c1. The van der Waals surface area contributed by atoms with E-state index in [9.17, 15) is 14.4 Å². The first-order valence-electron chi connectivity index (χ1n) is 9.64. The predicted molar refractivity (Wildman–Crippen MR) is 119 cm³/mol. The molecule has 0 aliphatic heterocycles. The summed E-state index contributed by atoms with van der Waals surface area (Å²) < 4.78 is 5.04. The van der Waals surface area contributed by atoms with E-state index in [0.29, 0.717) is 10.8 Å². The van der Waals surface area contributed by atoms with Gasteiger partial charge in [0.2, 0.25) is 11.8 Å². The lowest BCUT2D eigenvalue weighted by Gasteiger charge is -2.18. The molecule has 3 aromatic rings. The second-order valence-corrected chi connectivity index (χ2v) is 8.18. The molecule has 1 aromatic carbocycles. The van der Waals surface area contributed by atoms with Gasteiger partial charge in [0, 0.05) is 18.1 Å². The minimum absolute atomic E-state index is 0.0273. The van der Waals surface area contributed by atoms with Gasteiger partial charge in [0.1, 0.15) is 0 Å². The molecule has 0 atom stereocenters. The Morgan fingerprint density at radius 2 is 1.84 bits per heavy atom. The average molecular weight is 441 g/mol. The van der Waals surface area contributed by atoms with Crippen molar-refractivity contribution < 1.29 is 18.8 Å². The molecule has 8 nitrogen and oxygen atoms in total. The Labute approximate surface area is 184 Å². The van der Waals surface area contributed by atoms with E-state index in [2.05, 4.69) is 15.6 Å². The molecule has 3 rings (SSSR count). The van der Waals surface area contributed by atoms with Crippen LogP contribution in [-0.4, -0.2) is 41.2 Å². The minimum Gasteiger partial charge on any atom is -0.459 e. The molecule has 0 spiro atoms. The summed E-state index contributed by atoms with van der Waals surface area (Å²) in [6.07, 6.45) is 1.44. The van der Waals surface area contributed by atoms with Crippen molar-refractivity contribution in [2.75, 3.05) is 24.2 Å². The topological polar surface area (TPSA) is 105 Å². The van der Waals surface area contributed by atoms with Gasteiger partial charge >= 0.3 is 0 Å². The van der Waals surface area contributed by atoms with Gasteiger partial charge in [-0.2, -0.15) is 0 Å². The molecule has 0 aliphatic carbocycles. The van der Waals surface area contributed by atoms with Gasteiger partial charge < -0.3 is 14.6 Å². The molecule has 162 valence electrons. The number of thiazole rings is 1. The highest BCUT2D eigenvalue weighted by atomic mass is 32.1. The maximum Gasteiger partial charge on any atom is 0.293 e. The third kappa shape index (κ3) is 5.79. The van der Waals surface area contributed by atoms with Crippen LogP contribution in [0.4, 0.5) is 10.8 Å². The number of nitrogens with zero attached hydrogens (tertiary/aromatic N) is 2. The molecule has 31 heavy (non-hydrogen) atoms. The summed E-state index contributed by atoms with van der Waals surface area (Å²) in [5.74, 6) is -0.748. The fourth-order valence-electron chi connectivity index (χ4n) is 3.16. The van der Waals surface area contributed by atoms with Crippen LogP contribution in [0.15, 0.2) is 40.3 Å². The second-order valence-electron chi connectivity index (χ2n) is 7.32. The van der Waals surface area contributed by atoms with Crippen molar-refractivity contribution in [2.45, 2.75) is 27.2 Å². The van der Waals surface area contributed by atoms with Crippen molar-refractivity contribution in [1.82, 2.24) is 9.88 Å². The molecular weight excluding hydrogens is 416 g/mol. The zero-order chi connectivity index (χ0) is 22.5. The van der Waals surface area contributed by atoms with Crippen LogP contribution in [0.2, 0.25) is 0 Å². The molecule has 0 fully saturated rings. The Kier molecular flexibility index (Phi) is 6.86. The van der Waals surface area contributed by atoms with Crippen molar-refractivity contribution in [3.63, 3.8) is 0 Å². The number of rotatable bonds is 7. The number of amides is 3. The van der Waals surface area contributed by atoms with Crippen LogP contribution in [-0.2, 0) is 16.0 Å². The van der Waals surface area contributed by atoms with Crippen LogP contribution in [0.3, 0.4) is 0 Å². The second kappa shape index (κ2) is 9.57. The van der Waals surface area contributed by atoms with Gasteiger partial charge in [-0.25, -0.2) is 4.98 Å². The van der Waals surface area contributed by atoms with Crippen LogP contribution in [0.1, 0.15) is 32.9 Å². The number of benzene rings is 1. The maximum atomic E-state index is 12.5. The van der Waals surface area contributed by atoms with Crippen LogP contribution < -0.4 is 10.6 Å². The van der Waals surface area contributed by atoms with Gasteiger partial charge in [-0.15, -0.1) is 11.3 Å². The molecule has 2 heterocycles. The van der Waals surface area contributed by atoms with E-state index in [1.165, 1.54) is 22.5 Å². The third-order valence-electron chi connectivity index (χ3n) is 4.60. The summed E-state index contributed by atoms with van der Waals surface area (Å²) in [4.78, 5) is 42.5. The highest BCUT2D eigenvalue weighted by Crippen LogP contribution is 2.22. The number of aryl methyl sites for hydroxylation is 3. The zero-order valence-corrected chi connectivity index (χ0v) is 18.6. The minimum atomic E-state index is -0.410. The van der Waals surface area contributed by atoms with Crippen LogP contribution >= 0.6 is 11.3 Å². The summed E-state index contributed by atoms with van der Waals surface area (Å²) in [7, 11) is 1.57. The lowest BCUT2D eigenvalue weighted by molar-refractivity contribution is -0.132. The highest BCUT2D eigenvalue weighted by molar-refractivity contribution is 7.14. The number of hydrogen-bond donors (Lipinski definition) is 2. The van der Waals surface area contributed by atoms with E-state index in [1.807, 2.05) is 32.9 Å². The third-order valence-corrected chi connectivity index (χ3v) is 5.40. The quantitative estimate of drug-likeness (QED) is 0.585. The van der Waals surface area contributed by atoms with E-state index >= 15 is 0 Å². The van der Waals surface area contributed by atoms with E-state index in [4.69, 9.17) is 4.42 Å². The molecular formula is C22H24N4O4S. The van der Waals surface area contributed by atoms with Crippen molar-refractivity contribution in [1.29, 1.82) is 0 Å². The van der Waals surface area contributed by atoms with Crippen LogP contribution in [0.25, 0.3) is 0 Å². The Morgan fingerprint density at radius 1 is 1.13 bits per heavy atom. The van der Waals surface area contributed by atoms with Gasteiger partial charge in [-0.3, -0.25) is 19.7 Å². The number of carbonyl (C=O) groups is 3. The number of furan rings is 1. The first-order valence-corrected chi connectivity index (χ1v) is 10.5. The zero-order valence-electron chi connectivity index (χ0n) is 17.8. The van der Waals surface area contributed by atoms with Gasteiger partial charge in [0.25, 0.3) is 5.91 Å². The fourth-order valence-corrected chi connectivity index (χ4v) is 3.87. The monoisotopic (exact) mass is 440 g/mol. The van der Waals surface area contributed by atoms with Crippen molar-refractivity contribution in [3.05, 3.63) is 64.1 Å². The molecule has 2 aromatic heterocycles. The van der Waals surface area contributed by atoms with E-state index in [-0.39, 0.29) is 30.5 Å². The summed E-state index contributed by atoms with van der Waals surface area (Å²) >= 11 is 1.21. The Bertz CT molecular complexity index is 1080. The lowest BCUT2D eigenvalue weighted by Crippen LogP contribution is -2.36. The van der Waals surface area contributed by atoms with Crippen LogP contribution in [0, 0.1) is 20.8 Å². The summed E-state index contributed by atoms with van der Waals surface area (Å²) in [5, 5.41) is 7.59. The molecule has 9 heteroatoms. The highest BCUT2D eigenvalue weighted by Gasteiger charge is 2.17. The van der Waals surface area contributed by atoms with Crippen molar-refractivity contribution >= 4 is 39.9 Å². The number of nitrogens with one attached hydrogen (secondary N) is 2. The number of likely N-dealkylation sites (N-methyl/N-ethyl adjacent to an activating group) is 1. The van der Waals surface area contributed by atoms with E-state index in [1.54, 1.807) is 24.6 Å². The number of aromatic nitrogens is 1. The van der Waals surface area contributed by atoms with E-state index in [0.717, 1.165) is 22.4 Å². The Morgan fingerprint density at radius 3 is 2.48 bits per heavy atom. The molecule has 0 radical (unpaired) electrons. The number of anilines is 2. The standard InChI is InChI=1S/C22H24N4O4S/c1-13-8-14(2)20(15(3)9-13)24-18(27)11-26(4)19(28)10-16-12-31-22(23-16)25-21(29)17-6-5-7-30-17/h5-9,12H,10-11H2,1-4H3,(H,24,27)(H,23,25,29). The maximum absolute atomic E-state index is 12.5. The van der Waals surface area contributed by atoms with Gasteiger partial charge in [0.05, 0.1) is 24.9 Å². The molecule has 0 bridgehead atoms. The fraction of sp³-hybridized carbons (Fsp3) is 0.273. The smallest absolute Gasteiger partial charge is 0.293 e. The first-order chi connectivity index (χ1) is 14.7. The van der Waals surface area contributed by atoms with Gasteiger partial charge in [0.15, 0.2) is 10.9 Å². The Balaban J connectivity index is 1.53. The summed E-state index contributed by atoms with van der Waals surface area (Å²) in [6.45, 7) is 5.81. The molecule has 3 amide bonds. The molecule has 0 saturated heterocycles. The molecule has 0 saturated carbocycles. The molecule has 0 aliphatic rings. The van der Waals surface area contributed by atoms with Gasteiger partial charge in [-0.1, -0.05) is 17.7 Å². The normalized spacial score (nSPS) is 10.6. The predicted octanol–water partition coefficient (Wildman–Crippen LogP) is 3.55. The van der Waals surface area contributed by atoms with Gasteiger partial charge in [-0.05, 0) is 44.0 Å². The number of hydrogen-bond acceptors (Lipinski definition) is 6. The molecule has 2 N–H and O–H groups in total. The summed E-state index contributed by atoms with van der Waals surface area (Å²) in [6, 6.07) is 7.17. The Hall–Kier alpha value is -3.46. The average Bonchev–Trinajstić information content (AvgIpc) is 3.37. The first kappa shape index (κ1) is 22.2. The van der Waals surface area contributed by atoms with Crippen molar-refractivity contribution in [2.24, 2.45) is 0 Å². The van der Waals surface area contributed by atoms with E-state index < -0.39 is 5.91 Å².